The molecule has 7 nitrogen and oxygen atoms in total. The van der Waals surface area contributed by atoms with Crippen molar-refractivity contribution in [2.45, 2.75) is 89.4 Å². The SMILES string of the molecule is CC(C)S(=O)(=O)C[C@@H]1C[C@H](NC(=O)OC(C)(C)C)CC[C@@H]1NCCC(=O)c1cccc(C(F)(F)F)c1. The molecule has 1 amide bonds. The van der Waals surface area contributed by atoms with Crippen LogP contribution in [0.3, 0.4) is 0 Å². The van der Waals surface area contributed by atoms with Gasteiger partial charge in [0.15, 0.2) is 15.6 Å². The summed E-state index contributed by atoms with van der Waals surface area (Å²) in [5, 5.41) is 5.51. The molecule has 0 unspecified atom stereocenters. The maximum absolute atomic E-state index is 12.9. The Kier molecular flexibility index (Phi) is 9.98. The lowest BCUT2D eigenvalue weighted by molar-refractivity contribution is -0.137. The molecule has 0 aliphatic heterocycles. The standard InChI is InChI=1S/C25H37F3N2O5S/c1-16(2)36(33,34)15-18-14-20(30-23(32)35-24(3,4)5)9-10-21(18)29-12-11-22(31)17-7-6-8-19(13-17)25(26,27)28/h6-8,13,16,18,20-21,29H,9-12,14-15H2,1-5H3,(H,30,32)/t18-,20+,21-/m0/s1. The zero-order valence-electron chi connectivity index (χ0n) is 21.4. The first-order valence-electron chi connectivity index (χ1n) is 12.1. The fraction of sp³-hybridized carbons (Fsp3) is 0.680. The van der Waals surface area contributed by atoms with Gasteiger partial charge in [0.1, 0.15) is 5.60 Å². The molecule has 0 aromatic heterocycles. The summed E-state index contributed by atoms with van der Waals surface area (Å²) in [6.45, 7) is 8.70. The maximum atomic E-state index is 12.9. The van der Waals surface area contributed by atoms with Crippen LogP contribution in [0.25, 0.3) is 0 Å². The number of ketones is 1. The van der Waals surface area contributed by atoms with Gasteiger partial charge in [0, 0.05) is 30.6 Å². The van der Waals surface area contributed by atoms with Crippen LogP contribution in [-0.4, -0.2) is 55.5 Å². The van der Waals surface area contributed by atoms with Gasteiger partial charge in [-0.1, -0.05) is 12.1 Å². The summed E-state index contributed by atoms with van der Waals surface area (Å²) in [5.41, 5.74) is -1.55. The largest absolute Gasteiger partial charge is 0.444 e. The van der Waals surface area contributed by atoms with Crippen LogP contribution in [0.2, 0.25) is 0 Å². The zero-order chi connectivity index (χ0) is 27.3. The highest BCUT2D eigenvalue weighted by molar-refractivity contribution is 7.91. The van der Waals surface area contributed by atoms with E-state index in [1.807, 2.05) is 0 Å². The van der Waals surface area contributed by atoms with E-state index < -0.39 is 44.3 Å². The summed E-state index contributed by atoms with van der Waals surface area (Å²) in [6.07, 6.45) is -3.54. The molecule has 3 atom stereocenters. The Morgan fingerprint density at radius 3 is 2.39 bits per heavy atom. The third-order valence-corrected chi connectivity index (χ3v) is 8.47. The van der Waals surface area contributed by atoms with Crippen molar-refractivity contribution in [3.8, 4) is 0 Å². The molecular weight excluding hydrogens is 497 g/mol. The average Bonchev–Trinajstić information content (AvgIpc) is 2.73. The van der Waals surface area contributed by atoms with Crippen LogP contribution in [-0.2, 0) is 20.8 Å². The van der Waals surface area contributed by atoms with Crippen LogP contribution in [0.15, 0.2) is 24.3 Å². The van der Waals surface area contributed by atoms with E-state index in [4.69, 9.17) is 4.74 Å². The summed E-state index contributed by atoms with van der Waals surface area (Å²) in [6, 6.07) is 3.84. The monoisotopic (exact) mass is 534 g/mol. The van der Waals surface area contributed by atoms with E-state index >= 15 is 0 Å². The van der Waals surface area contributed by atoms with Gasteiger partial charge in [0.2, 0.25) is 0 Å². The molecule has 1 fully saturated rings. The number of carbonyl (C=O) groups excluding carboxylic acids is 2. The molecule has 1 saturated carbocycles. The zero-order valence-corrected chi connectivity index (χ0v) is 22.3. The van der Waals surface area contributed by atoms with Gasteiger partial charge in [-0.3, -0.25) is 4.79 Å². The number of rotatable bonds is 9. The number of amides is 1. The van der Waals surface area contributed by atoms with E-state index in [2.05, 4.69) is 10.6 Å². The second-order valence-corrected chi connectivity index (χ2v) is 13.2. The van der Waals surface area contributed by atoms with Gasteiger partial charge in [-0.2, -0.15) is 13.2 Å². The Bertz CT molecular complexity index is 1020. The first kappa shape index (κ1) is 30.1. The lowest BCUT2D eigenvalue weighted by Crippen LogP contribution is -2.50. The highest BCUT2D eigenvalue weighted by Crippen LogP contribution is 2.30. The highest BCUT2D eigenvalue weighted by atomic mass is 32.2. The van der Waals surface area contributed by atoms with E-state index in [1.54, 1.807) is 34.6 Å². The Labute approximate surface area is 211 Å². The van der Waals surface area contributed by atoms with Gasteiger partial charge in [-0.15, -0.1) is 0 Å². The minimum Gasteiger partial charge on any atom is -0.444 e. The van der Waals surface area contributed by atoms with Crippen LogP contribution in [0.5, 0.6) is 0 Å². The molecule has 2 rings (SSSR count). The van der Waals surface area contributed by atoms with Gasteiger partial charge in [-0.05, 0) is 71.9 Å². The number of nitrogens with one attached hydrogen (secondary N) is 2. The van der Waals surface area contributed by atoms with Crippen LogP contribution in [0.4, 0.5) is 18.0 Å². The number of benzene rings is 1. The molecule has 1 aromatic carbocycles. The molecule has 0 saturated heterocycles. The maximum Gasteiger partial charge on any atom is 0.416 e. The second kappa shape index (κ2) is 11.9. The minimum atomic E-state index is -4.53. The second-order valence-electron chi connectivity index (χ2n) is 10.6. The summed E-state index contributed by atoms with van der Waals surface area (Å²) in [4.78, 5) is 24.7. The number of carbonyl (C=O) groups is 2. The molecule has 1 aromatic rings. The van der Waals surface area contributed by atoms with E-state index in [9.17, 15) is 31.2 Å². The molecule has 1 aliphatic carbocycles. The number of Topliss-reactive ketones (excluding diaryl/α,β-unsaturated/α-hetero) is 1. The fourth-order valence-corrected chi connectivity index (χ4v) is 5.55. The Morgan fingerprint density at radius 2 is 1.81 bits per heavy atom. The Morgan fingerprint density at radius 1 is 1.14 bits per heavy atom. The van der Waals surface area contributed by atoms with Crippen molar-refractivity contribution in [1.29, 1.82) is 0 Å². The van der Waals surface area contributed by atoms with Crippen molar-refractivity contribution in [1.82, 2.24) is 10.6 Å². The van der Waals surface area contributed by atoms with Crippen molar-refractivity contribution in [2.75, 3.05) is 12.3 Å². The predicted molar refractivity (Wildman–Crippen MR) is 132 cm³/mol. The molecule has 2 N–H and O–H groups in total. The fourth-order valence-electron chi connectivity index (χ4n) is 4.20. The molecular formula is C25H37F3N2O5S. The first-order chi connectivity index (χ1) is 16.5. The normalized spacial score (nSPS) is 21.3. The van der Waals surface area contributed by atoms with Crippen molar-refractivity contribution < 1.29 is 35.9 Å². The predicted octanol–water partition coefficient (Wildman–Crippen LogP) is 4.75. The van der Waals surface area contributed by atoms with Gasteiger partial charge in [0.05, 0.1) is 16.6 Å². The molecule has 0 bridgehead atoms. The van der Waals surface area contributed by atoms with Crippen LogP contribution >= 0.6 is 0 Å². The number of ether oxygens (including phenoxy) is 1. The van der Waals surface area contributed by atoms with E-state index in [0.29, 0.717) is 19.3 Å². The van der Waals surface area contributed by atoms with Crippen LogP contribution < -0.4 is 10.6 Å². The molecule has 0 radical (unpaired) electrons. The third kappa shape index (κ3) is 9.38. The first-order valence-corrected chi connectivity index (χ1v) is 13.8. The minimum absolute atomic E-state index is 0.0178. The topological polar surface area (TPSA) is 102 Å². The Balaban J connectivity index is 2.03. The summed E-state index contributed by atoms with van der Waals surface area (Å²) in [5.74, 6) is -0.814. The van der Waals surface area contributed by atoms with E-state index in [1.165, 1.54) is 12.1 Å². The summed E-state index contributed by atoms with van der Waals surface area (Å²) < 4.78 is 69.5. The molecule has 36 heavy (non-hydrogen) atoms. The number of hydrogen-bond acceptors (Lipinski definition) is 6. The summed E-state index contributed by atoms with van der Waals surface area (Å²) >= 11 is 0. The third-order valence-electron chi connectivity index (χ3n) is 6.14. The lowest BCUT2D eigenvalue weighted by Gasteiger charge is -2.37. The van der Waals surface area contributed by atoms with Crippen molar-refractivity contribution in [3.05, 3.63) is 35.4 Å². The molecule has 0 heterocycles. The number of alkyl carbamates (subject to hydrolysis) is 1. The molecule has 204 valence electrons. The number of alkyl halides is 3. The van der Waals surface area contributed by atoms with Gasteiger partial charge < -0.3 is 15.4 Å². The van der Waals surface area contributed by atoms with Crippen LogP contribution in [0.1, 0.15) is 76.2 Å². The quantitative estimate of drug-likeness (QED) is 0.444. The average molecular weight is 535 g/mol. The van der Waals surface area contributed by atoms with Crippen molar-refractivity contribution in [3.63, 3.8) is 0 Å². The number of halogens is 3. The van der Waals surface area contributed by atoms with Gasteiger partial charge >= 0.3 is 12.3 Å². The smallest absolute Gasteiger partial charge is 0.416 e. The lowest BCUT2D eigenvalue weighted by atomic mass is 9.82. The molecule has 1 aliphatic rings. The number of hydrogen-bond donors (Lipinski definition) is 2. The highest BCUT2D eigenvalue weighted by Gasteiger charge is 2.36. The van der Waals surface area contributed by atoms with E-state index in [-0.39, 0.29) is 42.3 Å². The van der Waals surface area contributed by atoms with Gasteiger partial charge in [-0.25, -0.2) is 13.2 Å². The van der Waals surface area contributed by atoms with Crippen LogP contribution in [0, 0.1) is 5.92 Å². The number of sulfone groups is 1. The van der Waals surface area contributed by atoms with Gasteiger partial charge in [0.25, 0.3) is 0 Å². The van der Waals surface area contributed by atoms with Crippen molar-refractivity contribution >= 4 is 21.7 Å². The molecule has 0 spiro atoms. The Hall–Kier alpha value is -2.14. The molecule has 11 heteroatoms. The van der Waals surface area contributed by atoms with E-state index in [0.717, 1.165) is 12.1 Å². The summed E-state index contributed by atoms with van der Waals surface area (Å²) in [7, 11) is -3.37. The van der Waals surface area contributed by atoms with Crippen molar-refractivity contribution in [2.24, 2.45) is 5.92 Å².